The molecule has 0 aliphatic rings. The molecule has 0 N–H and O–H groups in total. The number of ether oxygens (including phenoxy) is 2. The van der Waals surface area contributed by atoms with Gasteiger partial charge in [0.25, 0.3) is 0 Å². The summed E-state index contributed by atoms with van der Waals surface area (Å²) < 4.78 is 9.26. The van der Waals surface area contributed by atoms with Crippen molar-refractivity contribution in [1.82, 2.24) is 4.90 Å². The van der Waals surface area contributed by atoms with Crippen molar-refractivity contribution in [3.05, 3.63) is 26.3 Å². The second-order valence-electron chi connectivity index (χ2n) is 3.57. The zero-order valence-electron chi connectivity index (χ0n) is 13.9. The lowest BCUT2D eigenvalue weighted by molar-refractivity contribution is -0.160. The van der Waals surface area contributed by atoms with E-state index in [0.717, 1.165) is 0 Å². The maximum atomic E-state index is 10.9. The molecule has 5 nitrogen and oxygen atoms in total. The van der Waals surface area contributed by atoms with E-state index >= 15 is 0 Å². The van der Waals surface area contributed by atoms with E-state index in [1.54, 1.807) is 13.8 Å². The molecule has 20 heavy (non-hydrogen) atoms. The predicted molar refractivity (Wildman–Crippen MR) is 84.5 cm³/mol. The molecule has 0 spiro atoms. The minimum Gasteiger partial charge on any atom is -0.465 e. The smallest absolute Gasteiger partial charge is 0.320 e. The molecular weight excluding hydrogens is 258 g/mol. The van der Waals surface area contributed by atoms with Gasteiger partial charge in [0.15, 0.2) is 5.92 Å². The number of esters is 2. The molecule has 0 fully saturated rings. The average molecular weight is 289 g/mol. The second-order valence-corrected chi connectivity index (χ2v) is 3.57. The number of nitrogens with zero attached hydrogens (tertiary/aromatic N) is 1. The summed E-state index contributed by atoms with van der Waals surface area (Å²) >= 11 is 0. The molecule has 0 rings (SSSR count). The van der Waals surface area contributed by atoms with E-state index in [9.17, 15) is 9.59 Å². The van der Waals surface area contributed by atoms with E-state index in [1.807, 2.05) is 26.0 Å². The Morgan fingerprint density at radius 3 is 1.25 bits per heavy atom. The molecule has 0 aliphatic carbocycles. The van der Waals surface area contributed by atoms with Gasteiger partial charge in [-0.15, -0.1) is 26.3 Å². The van der Waals surface area contributed by atoms with Gasteiger partial charge in [-0.1, -0.05) is 0 Å². The molecular formula is C15H31NO4. The quantitative estimate of drug-likeness (QED) is 0.452. The summed E-state index contributed by atoms with van der Waals surface area (Å²) in [5, 5.41) is 0. The normalized spacial score (nSPS) is 8.00. The SMILES string of the molecule is C=C.C=C.CCOC(=O)C(C)C(=O)OCC.CN(C)C. The highest BCUT2D eigenvalue weighted by atomic mass is 16.6. The number of hydrogen-bond donors (Lipinski definition) is 0. The Balaban J connectivity index is -0.000000134. The van der Waals surface area contributed by atoms with Crippen molar-refractivity contribution in [2.24, 2.45) is 5.92 Å². The molecule has 0 radical (unpaired) electrons. The van der Waals surface area contributed by atoms with Crippen LogP contribution in [-0.2, 0) is 19.1 Å². The van der Waals surface area contributed by atoms with Crippen molar-refractivity contribution in [2.75, 3.05) is 34.4 Å². The molecule has 0 saturated carbocycles. The van der Waals surface area contributed by atoms with E-state index in [4.69, 9.17) is 0 Å². The lowest BCUT2D eigenvalue weighted by Crippen LogP contribution is -2.25. The van der Waals surface area contributed by atoms with Crippen LogP contribution in [0, 0.1) is 5.92 Å². The van der Waals surface area contributed by atoms with Gasteiger partial charge in [0.1, 0.15) is 0 Å². The van der Waals surface area contributed by atoms with E-state index in [-0.39, 0.29) is 13.2 Å². The Morgan fingerprint density at radius 2 is 1.10 bits per heavy atom. The number of rotatable bonds is 4. The van der Waals surface area contributed by atoms with Gasteiger partial charge >= 0.3 is 11.9 Å². The van der Waals surface area contributed by atoms with Gasteiger partial charge in [0, 0.05) is 0 Å². The van der Waals surface area contributed by atoms with E-state index < -0.39 is 17.9 Å². The first-order chi connectivity index (χ1) is 9.36. The molecule has 0 aromatic carbocycles. The van der Waals surface area contributed by atoms with E-state index in [2.05, 4.69) is 35.8 Å². The molecule has 5 heteroatoms. The first kappa shape index (κ1) is 26.8. The summed E-state index contributed by atoms with van der Waals surface area (Å²) in [5.41, 5.74) is 0. The standard InChI is InChI=1S/C8H14O4.C3H9N.2C2H4/c1-4-11-7(9)6(3)8(10)12-5-2;1-4(2)3;2*1-2/h6H,4-5H2,1-3H3;1-3H3;2*1-2H2. The number of hydrogen-bond acceptors (Lipinski definition) is 5. The lowest BCUT2D eigenvalue weighted by Gasteiger charge is -2.08. The topological polar surface area (TPSA) is 55.8 Å². The van der Waals surface area contributed by atoms with Crippen molar-refractivity contribution >= 4 is 11.9 Å². The van der Waals surface area contributed by atoms with Crippen LogP contribution in [0.4, 0.5) is 0 Å². The third kappa shape index (κ3) is 25.3. The number of carbonyl (C=O) groups is 2. The Labute approximate surface area is 124 Å². The second kappa shape index (κ2) is 22.6. The first-order valence-corrected chi connectivity index (χ1v) is 6.30. The summed E-state index contributed by atoms with van der Waals surface area (Å²) in [5.74, 6) is -1.88. The fourth-order valence-corrected chi connectivity index (χ4v) is 0.631. The van der Waals surface area contributed by atoms with Crippen LogP contribution in [0.1, 0.15) is 20.8 Å². The predicted octanol–water partition coefficient (Wildman–Crippen LogP) is 2.53. The summed E-state index contributed by atoms with van der Waals surface area (Å²) in [6.45, 7) is 17.4. The minimum atomic E-state index is -0.815. The summed E-state index contributed by atoms with van der Waals surface area (Å²) in [7, 11) is 6.00. The summed E-state index contributed by atoms with van der Waals surface area (Å²) in [4.78, 5) is 23.9. The highest BCUT2D eigenvalue weighted by Crippen LogP contribution is 2.01. The van der Waals surface area contributed by atoms with Crippen LogP contribution in [0.3, 0.4) is 0 Å². The largest absolute Gasteiger partial charge is 0.465 e. The first-order valence-electron chi connectivity index (χ1n) is 6.30. The molecule has 120 valence electrons. The van der Waals surface area contributed by atoms with Crippen LogP contribution >= 0.6 is 0 Å². The zero-order chi connectivity index (χ0) is 17.1. The third-order valence-corrected chi connectivity index (χ3v) is 1.28. The van der Waals surface area contributed by atoms with Crippen LogP contribution in [0.25, 0.3) is 0 Å². The van der Waals surface area contributed by atoms with Crippen molar-refractivity contribution in [3.8, 4) is 0 Å². The van der Waals surface area contributed by atoms with Crippen molar-refractivity contribution in [2.45, 2.75) is 20.8 Å². The van der Waals surface area contributed by atoms with Gasteiger partial charge in [-0.05, 0) is 41.9 Å². The molecule has 0 aliphatic heterocycles. The van der Waals surface area contributed by atoms with Gasteiger partial charge < -0.3 is 14.4 Å². The van der Waals surface area contributed by atoms with E-state index in [1.165, 1.54) is 6.92 Å². The van der Waals surface area contributed by atoms with Crippen molar-refractivity contribution in [3.63, 3.8) is 0 Å². The molecule has 0 atom stereocenters. The lowest BCUT2D eigenvalue weighted by atomic mass is 10.2. The number of carbonyl (C=O) groups excluding carboxylic acids is 2. The molecule has 0 heterocycles. The fourth-order valence-electron chi connectivity index (χ4n) is 0.631. The Bertz CT molecular complexity index is 207. The van der Waals surface area contributed by atoms with Crippen LogP contribution < -0.4 is 0 Å². The molecule has 0 aromatic heterocycles. The highest BCUT2D eigenvalue weighted by Gasteiger charge is 2.23. The van der Waals surface area contributed by atoms with Gasteiger partial charge in [-0.25, -0.2) is 0 Å². The summed E-state index contributed by atoms with van der Waals surface area (Å²) in [6.07, 6.45) is 0. The van der Waals surface area contributed by atoms with Crippen molar-refractivity contribution in [1.29, 1.82) is 0 Å². The minimum absolute atomic E-state index is 0.280. The van der Waals surface area contributed by atoms with Crippen LogP contribution in [0.5, 0.6) is 0 Å². The maximum absolute atomic E-state index is 10.9. The van der Waals surface area contributed by atoms with Crippen LogP contribution in [-0.4, -0.2) is 51.2 Å². The Morgan fingerprint density at radius 1 is 0.900 bits per heavy atom. The van der Waals surface area contributed by atoms with Gasteiger partial charge in [0.2, 0.25) is 0 Å². The van der Waals surface area contributed by atoms with Gasteiger partial charge in [-0.2, -0.15) is 0 Å². The van der Waals surface area contributed by atoms with Crippen LogP contribution in [0.2, 0.25) is 0 Å². The molecule has 0 aromatic rings. The highest BCUT2D eigenvalue weighted by molar-refractivity contribution is 5.94. The molecule has 0 bridgehead atoms. The van der Waals surface area contributed by atoms with E-state index in [0.29, 0.717) is 0 Å². The van der Waals surface area contributed by atoms with Crippen molar-refractivity contribution < 1.29 is 19.1 Å². The Hall–Kier alpha value is -1.62. The monoisotopic (exact) mass is 289 g/mol. The van der Waals surface area contributed by atoms with Gasteiger partial charge in [0.05, 0.1) is 13.2 Å². The molecule has 0 saturated heterocycles. The van der Waals surface area contributed by atoms with Crippen LogP contribution in [0.15, 0.2) is 26.3 Å². The molecule has 0 amide bonds. The summed E-state index contributed by atoms with van der Waals surface area (Å²) in [6, 6.07) is 0. The maximum Gasteiger partial charge on any atom is 0.320 e. The molecule has 0 unspecified atom stereocenters. The van der Waals surface area contributed by atoms with Gasteiger partial charge in [-0.3, -0.25) is 9.59 Å². The zero-order valence-corrected chi connectivity index (χ0v) is 13.9. The average Bonchev–Trinajstić information content (AvgIpc) is 2.42. The third-order valence-electron chi connectivity index (χ3n) is 1.28. The Kier molecular flexibility index (Phi) is 30.3. The fraction of sp³-hybridized carbons (Fsp3) is 0.600.